The highest BCUT2D eigenvalue weighted by molar-refractivity contribution is 6.33. The summed E-state index contributed by atoms with van der Waals surface area (Å²) in [5.74, 6) is -1.39. The first kappa shape index (κ1) is 20.6. The van der Waals surface area contributed by atoms with Crippen molar-refractivity contribution in [2.45, 2.75) is 19.2 Å². The van der Waals surface area contributed by atoms with E-state index in [1.54, 1.807) is 18.2 Å². The first-order chi connectivity index (χ1) is 12.6. The maximum absolute atomic E-state index is 12.8. The van der Waals surface area contributed by atoms with E-state index in [-0.39, 0.29) is 22.0 Å². The second kappa shape index (κ2) is 8.30. The summed E-state index contributed by atoms with van der Waals surface area (Å²) in [6, 6.07) is 8.76. The number of anilines is 1. The summed E-state index contributed by atoms with van der Waals surface area (Å²) in [6.45, 7) is 1.28. The molecule has 2 aromatic carbocycles. The van der Waals surface area contributed by atoms with Crippen LogP contribution in [0.15, 0.2) is 42.5 Å². The minimum absolute atomic E-state index is 0.0837. The van der Waals surface area contributed by atoms with Crippen LogP contribution >= 0.6 is 11.6 Å². The SMILES string of the molecule is COc1ccccc1C(=O)O[C@@H](C)C(=O)Nc1cc(C(F)(F)F)ccc1Cl. The number of esters is 1. The topological polar surface area (TPSA) is 64.6 Å². The lowest BCUT2D eigenvalue weighted by Gasteiger charge is -2.16. The Morgan fingerprint density at radius 3 is 2.44 bits per heavy atom. The van der Waals surface area contributed by atoms with Gasteiger partial charge in [-0.1, -0.05) is 23.7 Å². The second-order valence-electron chi connectivity index (χ2n) is 5.43. The summed E-state index contributed by atoms with van der Waals surface area (Å²) in [7, 11) is 1.37. The summed E-state index contributed by atoms with van der Waals surface area (Å²) >= 11 is 5.83. The number of carbonyl (C=O) groups excluding carboxylic acids is 2. The molecule has 1 N–H and O–H groups in total. The molecule has 0 radical (unpaired) electrons. The number of alkyl halides is 3. The highest BCUT2D eigenvalue weighted by atomic mass is 35.5. The molecule has 0 aliphatic carbocycles. The Balaban J connectivity index is 2.11. The molecule has 0 fully saturated rings. The standard InChI is InChI=1S/C18H15ClF3NO4/c1-10(27-17(25)12-5-3-4-6-15(12)26-2)16(24)23-14-9-11(18(20,21)22)7-8-13(14)19/h3-10H,1-2H3,(H,23,24)/t10-/m0/s1. The highest BCUT2D eigenvalue weighted by Crippen LogP contribution is 2.33. The summed E-state index contributed by atoms with van der Waals surface area (Å²) in [6.07, 6.45) is -5.88. The van der Waals surface area contributed by atoms with Gasteiger partial charge in [0, 0.05) is 0 Å². The zero-order valence-corrected chi connectivity index (χ0v) is 15.0. The quantitative estimate of drug-likeness (QED) is 0.746. The van der Waals surface area contributed by atoms with E-state index in [0.29, 0.717) is 6.07 Å². The van der Waals surface area contributed by atoms with E-state index in [1.807, 2.05) is 0 Å². The van der Waals surface area contributed by atoms with Gasteiger partial charge in [-0.2, -0.15) is 13.2 Å². The number of rotatable bonds is 5. The molecule has 5 nitrogen and oxygen atoms in total. The van der Waals surface area contributed by atoms with Crippen molar-refractivity contribution >= 4 is 29.2 Å². The zero-order chi connectivity index (χ0) is 20.2. The van der Waals surface area contributed by atoms with Gasteiger partial charge in [-0.05, 0) is 37.3 Å². The number of carbonyl (C=O) groups is 2. The van der Waals surface area contributed by atoms with Crippen molar-refractivity contribution in [3.63, 3.8) is 0 Å². The monoisotopic (exact) mass is 401 g/mol. The molecular weight excluding hydrogens is 387 g/mol. The fraction of sp³-hybridized carbons (Fsp3) is 0.222. The molecule has 0 saturated carbocycles. The summed E-state index contributed by atoms with van der Waals surface area (Å²) in [5, 5.41) is 2.14. The lowest BCUT2D eigenvalue weighted by molar-refractivity contribution is -0.137. The normalized spacial score (nSPS) is 12.2. The van der Waals surface area contributed by atoms with Crippen molar-refractivity contribution in [1.29, 1.82) is 0 Å². The Morgan fingerprint density at radius 1 is 1.15 bits per heavy atom. The van der Waals surface area contributed by atoms with Crippen LogP contribution in [-0.4, -0.2) is 25.1 Å². The number of halogens is 4. The smallest absolute Gasteiger partial charge is 0.416 e. The van der Waals surface area contributed by atoms with Crippen LogP contribution < -0.4 is 10.1 Å². The molecule has 144 valence electrons. The number of hydrogen-bond donors (Lipinski definition) is 1. The van der Waals surface area contributed by atoms with E-state index in [4.69, 9.17) is 21.1 Å². The van der Waals surface area contributed by atoms with Crippen LogP contribution in [-0.2, 0) is 15.7 Å². The van der Waals surface area contributed by atoms with Crippen LogP contribution in [0, 0.1) is 0 Å². The first-order valence-electron chi connectivity index (χ1n) is 7.65. The van der Waals surface area contributed by atoms with Crippen molar-refractivity contribution in [2.75, 3.05) is 12.4 Å². The average molecular weight is 402 g/mol. The summed E-state index contributed by atoms with van der Waals surface area (Å²) in [5.41, 5.74) is -1.10. The molecular formula is C18H15ClF3NO4. The van der Waals surface area contributed by atoms with Crippen LogP contribution in [0.1, 0.15) is 22.8 Å². The van der Waals surface area contributed by atoms with Crippen LogP contribution in [0.25, 0.3) is 0 Å². The van der Waals surface area contributed by atoms with E-state index >= 15 is 0 Å². The molecule has 0 aliphatic rings. The number of amides is 1. The van der Waals surface area contributed by atoms with Gasteiger partial charge in [0.05, 0.1) is 23.4 Å². The lowest BCUT2D eigenvalue weighted by Crippen LogP contribution is -2.30. The van der Waals surface area contributed by atoms with E-state index in [0.717, 1.165) is 12.1 Å². The van der Waals surface area contributed by atoms with Crippen molar-refractivity contribution < 1.29 is 32.2 Å². The van der Waals surface area contributed by atoms with Gasteiger partial charge in [-0.25, -0.2) is 4.79 Å². The van der Waals surface area contributed by atoms with Crippen molar-refractivity contribution in [1.82, 2.24) is 0 Å². The lowest BCUT2D eigenvalue weighted by atomic mass is 10.2. The molecule has 1 atom stereocenters. The van der Waals surface area contributed by atoms with E-state index in [9.17, 15) is 22.8 Å². The predicted octanol–water partition coefficient (Wildman–Crippen LogP) is 4.55. The fourth-order valence-electron chi connectivity index (χ4n) is 2.12. The fourth-order valence-corrected chi connectivity index (χ4v) is 2.29. The predicted molar refractivity (Wildman–Crippen MR) is 93.0 cm³/mol. The van der Waals surface area contributed by atoms with Crippen LogP contribution in [0.3, 0.4) is 0 Å². The molecule has 9 heteroatoms. The minimum Gasteiger partial charge on any atom is -0.496 e. The molecule has 0 aliphatic heterocycles. The molecule has 0 bridgehead atoms. The van der Waals surface area contributed by atoms with Gasteiger partial charge in [-0.3, -0.25) is 4.79 Å². The first-order valence-corrected chi connectivity index (χ1v) is 8.03. The third kappa shape index (κ3) is 5.13. The van der Waals surface area contributed by atoms with Gasteiger partial charge in [0.2, 0.25) is 0 Å². The van der Waals surface area contributed by atoms with Gasteiger partial charge in [0.25, 0.3) is 5.91 Å². The molecule has 27 heavy (non-hydrogen) atoms. The third-order valence-corrected chi connectivity index (χ3v) is 3.86. The van der Waals surface area contributed by atoms with Gasteiger partial charge in [0.15, 0.2) is 6.10 Å². The number of methoxy groups -OCH3 is 1. The van der Waals surface area contributed by atoms with Gasteiger partial charge in [-0.15, -0.1) is 0 Å². The Bertz CT molecular complexity index is 855. The molecule has 0 aromatic heterocycles. The van der Waals surface area contributed by atoms with Crippen LogP contribution in [0.2, 0.25) is 5.02 Å². The maximum Gasteiger partial charge on any atom is 0.416 e. The average Bonchev–Trinajstić information content (AvgIpc) is 2.62. The Morgan fingerprint density at radius 2 is 1.81 bits per heavy atom. The van der Waals surface area contributed by atoms with Crippen molar-refractivity contribution in [3.05, 3.63) is 58.6 Å². The van der Waals surface area contributed by atoms with Crippen molar-refractivity contribution in [3.8, 4) is 5.75 Å². The summed E-state index contributed by atoms with van der Waals surface area (Å²) < 4.78 is 48.5. The molecule has 0 spiro atoms. The zero-order valence-electron chi connectivity index (χ0n) is 14.3. The summed E-state index contributed by atoms with van der Waals surface area (Å²) in [4.78, 5) is 24.4. The van der Waals surface area contributed by atoms with Crippen LogP contribution in [0.5, 0.6) is 5.75 Å². The van der Waals surface area contributed by atoms with Gasteiger partial charge in [0.1, 0.15) is 11.3 Å². The Labute approximate surface area is 158 Å². The van der Waals surface area contributed by atoms with Gasteiger partial charge < -0.3 is 14.8 Å². The molecule has 0 saturated heterocycles. The molecule has 2 rings (SSSR count). The highest BCUT2D eigenvalue weighted by Gasteiger charge is 2.31. The van der Waals surface area contributed by atoms with E-state index in [2.05, 4.69) is 5.32 Å². The number of para-hydroxylation sites is 1. The maximum atomic E-state index is 12.8. The second-order valence-corrected chi connectivity index (χ2v) is 5.84. The van der Waals surface area contributed by atoms with Gasteiger partial charge >= 0.3 is 12.1 Å². The number of benzene rings is 2. The molecule has 2 aromatic rings. The third-order valence-electron chi connectivity index (χ3n) is 3.53. The number of nitrogens with one attached hydrogen (secondary N) is 1. The molecule has 0 unspecified atom stereocenters. The Hall–Kier alpha value is -2.74. The van der Waals surface area contributed by atoms with E-state index in [1.165, 1.54) is 20.1 Å². The largest absolute Gasteiger partial charge is 0.496 e. The number of ether oxygens (including phenoxy) is 2. The minimum atomic E-state index is -4.59. The van der Waals surface area contributed by atoms with Crippen molar-refractivity contribution in [2.24, 2.45) is 0 Å². The Kier molecular flexibility index (Phi) is 6.32. The molecule has 0 heterocycles. The number of hydrogen-bond acceptors (Lipinski definition) is 4. The van der Waals surface area contributed by atoms with Crippen LogP contribution in [0.4, 0.5) is 18.9 Å². The van der Waals surface area contributed by atoms with E-state index < -0.39 is 29.7 Å². The molecule has 1 amide bonds.